The summed E-state index contributed by atoms with van der Waals surface area (Å²) in [5.41, 5.74) is -5.52. The van der Waals surface area contributed by atoms with Crippen LogP contribution in [0.1, 0.15) is 79.2 Å². The average molecular weight is 1250 g/mol. The Bertz CT molecular complexity index is 4110. The van der Waals surface area contributed by atoms with Gasteiger partial charge in [-0.25, -0.2) is 64.6 Å². The highest BCUT2D eigenvalue weighted by Crippen LogP contribution is 2.49. The number of carbonyl (C=O) groups is 2. The number of fused-ring (bicyclic) bond motifs is 2. The average Bonchev–Trinajstić information content (AvgIpc) is 1.71. The quantitative estimate of drug-likeness (QED) is 0.0353. The Morgan fingerprint density at radius 3 is 1.29 bits per heavy atom. The lowest BCUT2D eigenvalue weighted by atomic mass is 10.0. The van der Waals surface area contributed by atoms with Gasteiger partial charge in [0, 0.05) is 47.9 Å². The Morgan fingerprint density at radius 1 is 0.506 bits per heavy atom. The zero-order valence-electron chi connectivity index (χ0n) is 45.3. The molecule has 0 saturated heterocycles. The van der Waals surface area contributed by atoms with Crippen molar-refractivity contribution in [2.45, 2.75) is 64.8 Å². The van der Waals surface area contributed by atoms with E-state index in [1.54, 1.807) is 0 Å². The summed E-state index contributed by atoms with van der Waals surface area (Å²) in [4.78, 5) is 44.5. The minimum absolute atomic E-state index is 0.0583. The third-order valence-corrected chi connectivity index (χ3v) is 16.7. The first-order valence-corrected chi connectivity index (χ1v) is 28.0. The number of methoxy groups -OCH3 is 2. The van der Waals surface area contributed by atoms with E-state index in [-0.39, 0.29) is 104 Å². The lowest BCUT2D eigenvalue weighted by Gasteiger charge is -2.16. The number of imidazole rings is 2. The number of nitrogens with zero attached hydrogens (tertiary/aromatic N) is 10. The number of ether oxygens (including phenoxy) is 5. The summed E-state index contributed by atoms with van der Waals surface area (Å²) in [6, 6.07) is 11.2. The van der Waals surface area contributed by atoms with E-state index in [1.807, 2.05) is 0 Å². The van der Waals surface area contributed by atoms with Crippen molar-refractivity contribution in [3.05, 3.63) is 163 Å². The Kier molecular flexibility index (Phi) is 15.6. The van der Waals surface area contributed by atoms with Crippen molar-refractivity contribution in [3.8, 4) is 44.7 Å². The van der Waals surface area contributed by atoms with Gasteiger partial charge in [0.2, 0.25) is 0 Å². The first-order valence-electron chi connectivity index (χ1n) is 26.4. The maximum Gasteiger partial charge on any atom is 0.346 e. The minimum Gasteiger partial charge on any atom is -0.472 e. The third-order valence-electron chi connectivity index (χ3n) is 15.0. The maximum absolute atomic E-state index is 16.2. The van der Waals surface area contributed by atoms with Crippen LogP contribution in [0.2, 0.25) is 0 Å². The molecule has 0 amide bonds. The number of aromatic nitrogens is 10. The highest BCUT2D eigenvalue weighted by molar-refractivity contribution is 7.13. The second kappa shape index (κ2) is 23.3. The first-order chi connectivity index (χ1) is 41.8. The van der Waals surface area contributed by atoms with Crippen LogP contribution in [0.25, 0.3) is 44.6 Å². The minimum atomic E-state index is -1.42. The van der Waals surface area contributed by atoms with Crippen molar-refractivity contribution in [2.75, 3.05) is 27.6 Å². The van der Waals surface area contributed by atoms with E-state index < -0.39 is 118 Å². The van der Waals surface area contributed by atoms with Crippen LogP contribution in [-0.2, 0) is 43.9 Å². The second-order valence-electron chi connectivity index (χ2n) is 20.9. The fraction of sp³-hybridized carbons (Fsp3) is 0.276. The van der Waals surface area contributed by atoms with Gasteiger partial charge in [-0.2, -0.15) is 0 Å². The molecule has 10 aromatic rings. The molecule has 2 aliphatic rings. The van der Waals surface area contributed by atoms with Gasteiger partial charge in [-0.1, -0.05) is 32.9 Å². The molecule has 0 spiro atoms. The van der Waals surface area contributed by atoms with Crippen LogP contribution in [0.5, 0.6) is 22.1 Å². The van der Waals surface area contributed by atoms with Crippen molar-refractivity contribution < 1.29 is 77.2 Å². The Balaban J connectivity index is 0.797. The summed E-state index contributed by atoms with van der Waals surface area (Å²) in [5, 5.41) is 16.3. The van der Waals surface area contributed by atoms with Crippen molar-refractivity contribution in [3.63, 3.8) is 0 Å². The largest absolute Gasteiger partial charge is 0.472 e. The highest BCUT2D eigenvalue weighted by Gasteiger charge is 2.45. The van der Waals surface area contributed by atoms with E-state index in [0.717, 1.165) is 83.3 Å². The topological polar surface area (TPSA) is 193 Å². The molecule has 17 nitrogen and oxygen atoms in total. The molecule has 0 atom stereocenters. The van der Waals surface area contributed by atoms with E-state index in [4.69, 9.17) is 23.7 Å². The Labute approximate surface area is 492 Å². The number of esters is 2. The normalized spacial score (nSPS) is 14.0. The molecule has 0 aliphatic heterocycles. The van der Waals surface area contributed by atoms with Gasteiger partial charge in [-0.3, -0.25) is 8.78 Å². The molecule has 0 unspecified atom stereocenters. The van der Waals surface area contributed by atoms with Gasteiger partial charge in [0.05, 0.1) is 61.1 Å². The van der Waals surface area contributed by atoms with Gasteiger partial charge in [0.15, 0.2) is 33.3 Å². The second-order valence-corrected chi connectivity index (χ2v) is 22.9. The lowest BCUT2D eigenvalue weighted by molar-refractivity contribution is 0.0397. The van der Waals surface area contributed by atoms with E-state index in [2.05, 4.69) is 40.3 Å². The van der Waals surface area contributed by atoms with E-state index in [0.29, 0.717) is 47.8 Å². The van der Waals surface area contributed by atoms with Gasteiger partial charge in [-0.15, -0.1) is 10.2 Å². The number of halogens is 10. The van der Waals surface area contributed by atoms with Crippen LogP contribution in [0.4, 0.5) is 43.9 Å². The molecule has 12 rings (SSSR count). The van der Waals surface area contributed by atoms with Crippen LogP contribution >= 0.6 is 22.7 Å². The predicted octanol–water partition coefficient (Wildman–Crippen LogP) is 12.2. The van der Waals surface area contributed by atoms with Crippen LogP contribution in [0.3, 0.4) is 0 Å². The standard InChI is InChI=1S/C58H42F10N10O7S2/c1-81-55-75-73-47(86-55)21-83-51-33(61)3-5-41(69-51)31-19-35(63)27(11-37(31)65)17-45-71-49-39(67)13-29(15-43(49)77(45)25-57(23-59)7-8-57)53(79)85-54(80)30-14-40(68)50-44(16-30)78(26-58(24-60)9-10-58)46(72-50)18-28-12-38(66)32(20-36(28)64)42-6-4-34(62)52(70-42)84-22-48-74-76-56(82-2)87-48/h3-6,11-16,19-20H,7-10,17-18,21-26H2,1-2H3. The van der Waals surface area contributed by atoms with Gasteiger partial charge >= 0.3 is 11.9 Å². The SMILES string of the molecule is COc1nnc(COc2nc(-c3cc(F)c(Cc4nc5c(F)cc(C(=O)OC(=O)c6cc(F)c7nc(Cc8cc(F)c(-c9ccc(F)c(OCc%10nnc(OC)s%10)n9)cc8F)n(CC8(CF)CC8)c7c6)cc5n4CC4(CF)CC4)cc3F)ccc2F)s1. The van der Waals surface area contributed by atoms with Crippen LogP contribution < -0.4 is 18.9 Å². The monoisotopic (exact) mass is 1240 g/mol. The first kappa shape index (κ1) is 58.3. The molecule has 2 aliphatic carbocycles. The van der Waals surface area contributed by atoms with Crippen molar-refractivity contribution >= 4 is 56.7 Å². The van der Waals surface area contributed by atoms with E-state index >= 15 is 26.3 Å². The van der Waals surface area contributed by atoms with E-state index in [9.17, 15) is 27.2 Å². The van der Waals surface area contributed by atoms with Crippen molar-refractivity contribution in [1.29, 1.82) is 0 Å². The Morgan fingerprint density at radius 2 is 0.920 bits per heavy atom. The summed E-state index contributed by atoms with van der Waals surface area (Å²) in [5.74, 6) is -12.0. The maximum atomic E-state index is 16.2. The van der Waals surface area contributed by atoms with Gasteiger partial charge < -0.3 is 32.8 Å². The Hall–Kier alpha value is -9.12. The highest BCUT2D eigenvalue weighted by atomic mass is 32.1. The summed E-state index contributed by atoms with van der Waals surface area (Å²) in [7, 11) is 2.77. The molecule has 6 aromatic heterocycles. The van der Waals surface area contributed by atoms with Crippen LogP contribution in [0, 0.1) is 57.4 Å². The zero-order chi connectivity index (χ0) is 61.1. The molecule has 0 N–H and O–H groups in total. The smallest absolute Gasteiger partial charge is 0.346 e. The molecule has 2 saturated carbocycles. The van der Waals surface area contributed by atoms with E-state index in [1.165, 1.54) is 23.4 Å². The molecule has 87 heavy (non-hydrogen) atoms. The van der Waals surface area contributed by atoms with Gasteiger partial charge in [-0.05, 0) is 110 Å². The number of hydrogen-bond donors (Lipinski definition) is 0. The molecule has 448 valence electrons. The molecule has 29 heteroatoms. The molecule has 2 fully saturated rings. The molecule has 0 bridgehead atoms. The predicted molar refractivity (Wildman–Crippen MR) is 291 cm³/mol. The zero-order valence-corrected chi connectivity index (χ0v) is 47.0. The van der Waals surface area contributed by atoms with Crippen LogP contribution in [-0.4, -0.2) is 89.0 Å². The molecule has 0 radical (unpaired) electrons. The summed E-state index contributed by atoms with van der Waals surface area (Å²) >= 11 is 2.06. The summed E-state index contributed by atoms with van der Waals surface area (Å²) in [6.07, 6.45) is 0.656. The fourth-order valence-electron chi connectivity index (χ4n) is 9.76. The summed E-state index contributed by atoms with van der Waals surface area (Å²) < 4.78 is 184. The number of pyridine rings is 2. The lowest BCUT2D eigenvalue weighted by Crippen LogP contribution is -2.17. The van der Waals surface area contributed by atoms with Crippen LogP contribution in [0.15, 0.2) is 72.8 Å². The van der Waals surface area contributed by atoms with Crippen molar-refractivity contribution in [2.24, 2.45) is 10.8 Å². The number of rotatable bonds is 22. The number of alkyl halides is 2. The number of carbonyl (C=O) groups excluding carboxylic acids is 2. The molecular weight excluding hydrogens is 1200 g/mol. The molecular formula is C58H42F10N10O7S2. The molecule has 4 aromatic carbocycles. The number of hydrogen-bond acceptors (Lipinski definition) is 17. The van der Waals surface area contributed by atoms with Gasteiger partial charge in [0.1, 0.15) is 59.2 Å². The van der Waals surface area contributed by atoms with Crippen molar-refractivity contribution in [1.82, 2.24) is 49.5 Å². The van der Waals surface area contributed by atoms with Gasteiger partial charge in [0.25, 0.3) is 22.1 Å². The molecule has 6 heterocycles. The summed E-state index contributed by atoms with van der Waals surface area (Å²) in [6.45, 7) is -2.43. The number of benzene rings is 4. The fourth-order valence-corrected chi connectivity index (χ4v) is 10.9. The third kappa shape index (κ3) is 11.8.